The molecular formula is C15H25ClN2OS. The molecule has 1 amide bonds. The van der Waals surface area contributed by atoms with Crippen molar-refractivity contribution in [1.29, 1.82) is 0 Å². The number of hydrogen-bond donors (Lipinski definition) is 1. The number of thiophene rings is 1. The maximum Gasteiger partial charge on any atom is 0.228 e. The van der Waals surface area contributed by atoms with Gasteiger partial charge in [-0.2, -0.15) is 0 Å². The van der Waals surface area contributed by atoms with Gasteiger partial charge in [0.2, 0.25) is 5.91 Å². The smallest absolute Gasteiger partial charge is 0.228 e. The highest BCUT2D eigenvalue weighted by Crippen LogP contribution is 2.19. The number of aryl methyl sites for hydroxylation is 1. The average molecular weight is 317 g/mol. The van der Waals surface area contributed by atoms with Gasteiger partial charge in [-0.05, 0) is 51.4 Å². The van der Waals surface area contributed by atoms with Crippen LogP contribution in [0.15, 0.2) is 12.1 Å². The van der Waals surface area contributed by atoms with Crippen molar-refractivity contribution in [3.63, 3.8) is 0 Å². The lowest BCUT2D eigenvalue weighted by atomic mass is 10.0. The van der Waals surface area contributed by atoms with Gasteiger partial charge in [0.25, 0.3) is 0 Å². The first-order valence-electron chi connectivity index (χ1n) is 7.26. The topological polar surface area (TPSA) is 32.3 Å². The van der Waals surface area contributed by atoms with Gasteiger partial charge in [0.05, 0.1) is 6.42 Å². The number of nitrogens with zero attached hydrogens (tertiary/aromatic N) is 1. The zero-order valence-corrected chi connectivity index (χ0v) is 14.0. The van der Waals surface area contributed by atoms with E-state index in [0.717, 1.165) is 38.9 Å². The number of hydrogen-bond acceptors (Lipinski definition) is 3. The molecule has 114 valence electrons. The lowest BCUT2D eigenvalue weighted by molar-refractivity contribution is -0.133. The minimum Gasteiger partial charge on any atom is -0.339 e. The van der Waals surface area contributed by atoms with Crippen molar-refractivity contribution in [2.75, 3.05) is 19.6 Å². The Hall–Kier alpha value is -0.580. The van der Waals surface area contributed by atoms with Crippen LogP contribution in [0.5, 0.6) is 0 Å². The Kier molecular flexibility index (Phi) is 7.56. The van der Waals surface area contributed by atoms with Crippen molar-refractivity contribution in [3.8, 4) is 0 Å². The number of halogens is 1. The fourth-order valence-electron chi connectivity index (χ4n) is 2.70. The van der Waals surface area contributed by atoms with Gasteiger partial charge in [-0.15, -0.1) is 23.7 Å². The zero-order valence-electron chi connectivity index (χ0n) is 12.4. The van der Waals surface area contributed by atoms with E-state index in [2.05, 4.69) is 36.2 Å². The van der Waals surface area contributed by atoms with Crippen LogP contribution in [0.25, 0.3) is 0 Å². The van der Waals surface area contributed by atoms with Crippen LogP contribution in [-0.4, -0.2) is 36.5 Å². The first-order valence-corrected chi connectivity index (χ1v) is 8.08. The van der Waals surface area contributed by atoms with Crippen LogP contribution in [0, 0.1) is 6.92 Å². The quantitative estimate of drug-likeness (QED) is 0.905. The Morgan fingerprint density at radius 1 is 1.40 bits per heavy atom. The normalized spacial score (nSPS) is 15.7. The highest BCUT2D eigenvalue weighted by molar-refractivity contribution is 7.12. The molecule has 0 atom stereocenters. The van der Waals surface area contributed by atoms with Crippen LogP contribution in [0.2, 0.25) is 0 Å². The van der Waals surface area contributed by atoms with E-state index in [1.807, 2.05) is 0 Å². The van der Waals surface area contributed by atoms with Crippen molar-refractivity contribution in [2.24, 2.45) is 0 Å². The van der Waals surface area contributed by atoms with Crippen LogP contribution in [0.3, 0.4) is 0 Å². The highest BCUT2D eigenvalue weighted by atomic mass is 35.5. The van der Waals surface area contributed by atoms with E-state index in [0.29, 0.717) is 18.4 Å². The van der Waals surface area contributed by atoms with Gasteiger partial charge in [-0.1, -0.05) is 6.92 Å². The predicted molar refractivity (Wildman–Crippen MR) is 87.9 cm³/mol. The van der Waals surface area contributed by atoms with E-state index in [1.54, 1.807) is 11.3 Å². The van der Waals surface area contributed by atoms with Gasteiger partial charge < -0.3 is 10.2 Å². The molecule has 0 aliphatic carbocycles. The second-order valence-corrected chi connectivity index (χ2v) is 6.63. The molecule has 1 aromatic heterocycles. The average Bonchev–Trinajstić information content (AvgIpc) is 2.82. The van der Waals surface area contributed by atoms with Crippen molar-refractivity contribution in [3.05, 3.63) is 21.9 Å². The zero-order chi connectivity index (χ0) is 13.7. The first kappa shape index (κ1) is 17.5. The molecule has 20 heavy (non-hydrogen) atoms. The molecular weight excluding hydrogens is 292 g/mol. The third-order valence-corrected chi connectivity index (χ3v) is 4.66. The molecule has 1 saturated heterocycles. The fraction of sp³-hybridized carbons (Fsp3) is 0.667. The highest BCUT2D eigenvalue weighted by Gasteiger charge is 2.24. The predicted octanol–water partition coefficient (Wildman–Crippen LogP) is 3.01. The minimum atomic E-state index is 0. The van der Waals surface area contributed by atoms with Gasteiger partial charge >= 0.3 is 0 Å². The standard InChI is InChI=1S/C15H24N2OS.ClH/c1-3-10-17(13-6-8-16-9-7-13)15(18)11-14-5-4-12(2)19-14;/h4-5,13,16H,3,6-11H2,1-2H3;1H. The Morgan fingerprint density at radius 3 is 2.65 bits per heavy atom. The summed E-state index contributed by atoms with van der Waals surface area (Å²) < 4.78 is 0. The molecule has 5 heteroatoms. The molecule has 2 heterocycles. The molecule has 1 aliphatic rings. The fourth-order valence-corrected chi connectivity index (χ4v) is 3.58. The van der Waals surface area contributed by atoms with Crippen molar-refractivity contribution >= 4 is 29.7 Å². The van der Waals surface area contributed by atoms with Crippen LogP contribution in [-0.2, 0) is 11.2 Å². The van der Waals surface area contributed by atoms with E-state index in [9.17, 15) is 4.79 Å². The summed E-state index contributed by atoms with van der Waals surface area (Å²) in [5.74, 6) is 0.301. The molecule has 0 bridgehead atoms. The summed E-state index contributed by atoms with van der Waals surface area (Å²) in [6.45, 7) is 7.21. The van der Waals surface area contributed by atoms with Gasteiger partial charge in [0.15, 0.2) is 0 Å². The summed E-state index contributed by atoms with van der Waals surface area (Å²) in [4.78, 5) is 17.1. The van der Waals surface area contributed by atoms with Gasteiger partial charge in [0.1, 0.15) is 0 Å². The lowest BCUT2D eigenvalue weighted by Crippen LogP contribution is -2.47. The summed E-state index contributed by atoms with van der Waals surface area (Å²) in [5.41, 5.74) is 0. The minimum absolute atomic E-state index is 0. The third kappa shape index (κ3) is 4.76. The SMILES string of the molecule is CCCN(C(=O)Cc1ccc(C)s1)C1CCNCC1.Cl. The first-order chi connectivity index (χ1) is 9.20. The van der Waals surface area contributed by atoms with Gasteiger partial charge in [-0.3, -0.25) is 4.79 Å². The van der Waals surface area contributed by atoms with Crippen molar-refractivity contribution in [1.82, 2.24) is 10.2 Å². The Bertz CT molecular complexity index is 416. The third-order valence-electron chi connectivity index (χ3n) is 3.66. The maximum atomic E-state index is 12.5. The van der Waals surface area contributed by atoms with E-state index >= 15 is 0 Å². The molecule has 1 fully saturated rings. The van der Waals surface area contributed by atoms with E-state index < -0.39 is 0 Å². The number of carbonyl (C=O) groups excluding carboxylic acids is 1. The molecule has 0 unspecified atom stereocenters. The molecule has 0 radical (unpaired) electrons. The molecule has 0 saturated carbocycles. The van der Waals surface area contributed by atoms with Crippen LogP contribution in [0.4, 0.5) is 0 Å². The summed E-state index contributed by atoms with van der Waals surface area (Å²) in [7, 11) is 0. The Morgan fingerprint density at radius 2 is 2.10 bits per heavy atom. The molecule has 3 nitrogen and oxygen atoms in total. The van der Waals surface area contributed by atoms with Crippen LogP contribution in [0.1, 0.15) is 35.9 Å². The number of piperidine rings is 1. The number of amides is 1. The Balaban J connectivity index is 0.00000200. The van der Waals surface area contributed by atoms with Crippen molar-refractivity contribution in [2.45, 2.75) is 45.6 Å². The molecule has 1 N–H and O–H groups in total. The molecule has 0 aromatic carbocycles. The molecule has 2 rings (SSSR count). The Labute approximate surface area is 132 Å². The van der Waals surface area contributed by atoms with E-state index in [1.165, 1.54) is 9.75 Å². The van der Waals surface area contributed by atoms with Gasteiger partial charge in [0, 0.05) is 22.3 Å². The van der Waals surface area contributed by atoms with E-state index in [4.69, 9.17) is 0 Å². The molecule has 1 aliphatic heterocycles. The summed E-state index contributed by atoms with van der Waals surface area (Å²) in [6, 6.07) is 4.63. The van der Waals surface area contributed by atoms with Crippen LogP contribution < -0.4 is 5.32 Å². The number of carbonyl (C=O) groups is 1. The molecule has 0 spiro atoms. The largest absolute Gasteiger partial charge is 0.339 e. The second-order valence-electron chi connectivity index (χ2n) is 5.26. The lowest BCUT2D eigenvalue weighted by Gasteiger charge is -2.34. The van der Waals surface area contributed by atoms with Gasteiger partial charge in [-0.25, -0.2) is 0 Å². The summed E-state index contributed by atoms with van der Waals surface area (Å²) in [6.07, 6.45) is 3.80. The number of nitrogens with one attached hydrogen (secondary N) is 1. The summed E-state index contributed by atoms with van der Waals surface area (Å²) >= 11 is 1.74. The van der Waals surface area contributed by atoms with E-state index in [-0.39, 0.29) is 12.4 Å². The monoisotopic (exact) mass is 316 g/mol. The van der Waals surface area contributed by atoms with Crippen molar-refractivity contribution < 1.29 is 4.79 Å². The van der Waals surface area contributed by atoms with Crippen LogP contribution >= 0.6 is 23.7 Å². The summed E-state index contributed by atoms with van der Waals surface area (Å²) in [5, 5.41) is 3.37. The second kappa shape index (κ2) is 8.65. The number of rotatable bonds is 5. The maximum absolute atomic E-state index is 12.5. The molecule has 1 aromatic rings.